The topological polar surface area (TPSA) is 102 Å². The van der Waals surface area contributed by atoms with Gasteiger partial charge in [-0.3, -0.25) is 4.79 Å². The van der Waals surface area contributed by atoms with E-state index < -0.39 is 24.1 Å². The second kappa shape index (κ2) is 12.5. The summed E-state index contributed by atoms with van der Waals surface area (Å²) in [4.78, 5) is 12.5. The number of aldehydes is 1. The van der Waals surface area contributed by atoms with Gasteiger partial charge in [-0.2, -0.15) is 0 Å². The van der Waals surface area contributed by atoms with E-state index in [2.05, 4.69) is 26.8 Å². The minimum atomic E-state index is -1.20. The molecule has 2 unspecified atom stereocenters. The minimum Gasteiger partial charge on any atom is -0.488 e. The number of fused-ring (bicyclic) bond motifs is 1. The normalized spacial score (nSPS) is 26.7. The van der Waals surface area contributed by atoms with E-state index in [1.54, 1.807) is 6.26 Å². The third kappa shape index (κ3) is 5.73. The number of rotatable bonds is 12. The highest BCUT2D eigenvalue weighted by Gasteiger charge is 2.68. The van der Waals surface area contributed by atoms with Crippen LogP contribution in [0.25, 0.3) is 17.0 Å². The van der Waals surface area contributed by atoms with Crippen LogP contribution in [0.1, 0.15) is 86.3 Å². The molecule has 2 aliphatic heterocycles. The minimum absolute atomic E-state index is 0.145. The number of carbonyl (C=O) groups is 1. The number of benzene rings is 2. The predicted molar refractivity (Wildman–Crippen MR) is 158 cm³/mol. The smallest absolute Gasteiger partial charge is 0.189 e. The fourth-order valence-electron chi connectivity index (χ4n) is 6.42. The van der Waals surface area contributed by atoms with Crippen LogP contribution >= 0.6 is 0 Å². The lowest BCUT2D eigenvalue weighted by Crippen LogP contribution is -2.53. The molecule has 3 aromatic rings. The summed E-state index contributed by atoms with van der Waals surface area (Å²) in [6, 6.07) is 12.1. The second-order valence-corrected chi connectivity index (χ2v) is 11.7. The summed E-state index contributed by atoms with van der Waals surface area (Å²) < 4.78 is 24.2. The van der Waals surface area contributed by atoms with Gasteiger partial charge in [-0.1, -0.05) is 70.5 Å². The Morgan fingerprint density at radius 2 is 1.95 bits per heavy atom. The van der Waals surface area contributed by atoms with Gasteiger partial charge in [0.05, 0.1) is 30.1 Å². The molecule has 0 aliphatic carbocycles. The van der Waals surface area contributed by atoms with Crippen LogP contribution in [0.15, 0.2) is 53.2 Å². The van der Waals surface area contributed by atoms with Crippen LogP contribution < -0.4 is 4.74 Å². The number of aliphatic hydroxyl groups excluding tert-OH is 2. The Hall–Kier alpha value is -2.97. The van der Waals surface area contributed by atoms with Gasteiger partial charge in [-0.05, 0) is 48.4 Å². The molecular formula is C34H42O7. The van der Waals surface area contributed by atoms with Crippen molar-refractivity contribution >= 4 is 23.3 Å². The van der Waals surface area contributed by atoms with Gasteiger partial charge in [-0.25, -0.2) is 0 Å². The Morgan fingerprint density at radius 1 is 1.17 bits per heavy atom. The predicted octanol–water partition coefficient (Wildman–Crippen LogP) is 6.44. The zero-order valence-electron chi connectivity index (χ0n) is 24.4. The molecule has 2 aliphatic rings. The highest BCUT2D eigenvalue weighted by atomic mass is 16.7. The molecule has 2 N–H and O–H groups in total. The summed E-state index contributed by atoms with van der Waals surface area (Å²) in [5.74, 6) is 0.739. The maximum Gasteiger partial charge on any atom is 0.189 e. The summed E-state index contributed by atoms with van der Waals surface area (Å²) in [6.45, 7) is 8.65. The van der Waals surface area contributed by atoms with Crippen LogP contribution in [0.2, 0.25) is 0 Å². The van der Waals surface area contributed by atoms with Crippen molar-refractivity contribution in [1.29, 1.82) is 0 Å². The lowest BCUT2D eigenvalue weighted by Gasteiger charge is -2.39. The molecule has 0 saturated carbocycles. The highest BCUT2D eigenvalue weighted by Crippen LogP contribution is 2.51. The monoisotopic (exact) mass is 562 g/mol. The molecule has 6 atom stereocenters. The van der Waals surface area contributed by atoms with Gasteiger partial charge < -0.3 is 28.8 Å². The quantitative estimate of drug-likeness (QED) is 0.194. The number of aliphatic hydroxyl groups is 2. The second-order valence-electron chi connectivity index (χ2n) is 11.7. The SMILES string of the molecule is CCCC(c1coc2c(C=O)c(OCC=Cc3ccccc3)c(CC(C)C)cc12)[C@H]1C[C@@H](O)[C@@]2(OC2CC)[C@H](O)O1. The van der Waals surface area contributed by atoms with Crippen molar-refractivity contribution in [1.82, 2.24) is 0 Å². The highest BCUT2D eigenvalue weighted by molar-refractivity contribution is 6.00. The first-order chi connectivity index (χ1) is 19.8. The van der Waals surface area contributed by atoms with Gasteiger partial charge in [0.2, 0.25) is 0 Å². The van der Waals surface area contributed by atoms with Crippen LogP contribution in [0.4, 0.5) is 0 Å². The van der Waals surface area contributed by atoms with E-state index >= 15 is 0 Å². The zero-order valence-corrected chi connectivity index (χ0v) is 24.4. The number of furan rings is 1. The first-order valence-electron chi connectivity index (χ1n) is 14.9. The molecule has 7 nitrogen and oxygen atoms in total. The average Bonchev–Trinajstić information content (AvgIpc) is 3.57. The van der Waals surface area contributed by atoms with Gasteiger partial charge in [0.15, 0.2) is 18.2 Å². The zero-order chi connectivity index (χ0) is 29.1. The number of hydrogen-bond acceptors (Lipinski definition) is 7. The Morgan fingerprint density at radius 3 is 2.59 bits per heavy atom. The van der Waals surface area contributed by atoms with Crippen molar-refractivity contribution in [2.45, 2.75) is 95.9 Å². The van der Waals surface area contributed by atoms with E-state index in [1.165, 1.54) is 0 Å². The van der Waals surface area contributed by atoms with Gasteiger partial charge >= 0.3 is 0 Å². The van der Waals surface area contributed by atoms with E-state index in [-0.39, 0.29) is 12.0 Å². The maximum absolute atomic E-state index is 12.5. The third-order valence-corrected chi connectivity index (χ3v) is 8.42. The Labute approximate surface area is 242 Å². The molecule has 2 fully saturated rings. The van der Waals surface area contributed by atoms with E-state index in [1.807, 2.05) is 49.4 Å². The molecule has 1 spiro atoms. The summed E-state index contributed by atoms with van der Waals surface area (Å²) in [6.07, 6.45) is 7.19. The molecular weight excluding hydrogens is 520 g/mol. The van der Waals surface area contributed by atoms with Crippen LogP contribution in [0, 0.1) is 5.92 Å². The largest absolute Gasteiger partial charge is 0.488 e. The molecule has 220 valence electrons. The van der Waals surface area contributed by atoms with E-state index in [0.29, 0.717) is 42.3 Å². The van der Waals surface area contributed by atoms with Crippen LogP contribution in [0.5, 0.6) is 5.75 Å². The number of carbonyl (C=O) groups excluding carboxylic acids is 1. The van der Waals surface area contributed by atoms with E-state index in [9.17, 15) is 15.0 Å². The van der Waals surface area contributed by atoms with Gasteiger partial charge in [0, 0.05) is 23.3 Å². The van der Waals surface area contributed by atoms with Crippen LogP contribution in [0.3, 0.4) is 0 Å². The van der Waals surface area contributed by atoms with Crippen LogP contribution in [-0.4, -0.2) is 53.3 Å². The van der Waals surface area contributed by atoms with Crippen LogP contribution in [-0.2, 0) is 15.9 Å². The molecule has 5 rings (SSSR count). The summed E-state index contributed by atoms with van der Waals surface area (Å²) in [5, 5.41) is 22.8. The fourth-order valence-corrected chi connectivity index (χ4v) is 6.42. The average molecular weight is 563 g/mol. The fraction of sp³-hybridized carbons (Fsp3) is 0.500. The molecule has 1 aromatic heterocycles. The van der Waals surface area contributed by atoms with Gasteiger partial charge in [0.25, 0.3) is 0 Å². The lowest BCUT2D eigenvalue weighted by molar-refractivity contribution is -0.236. The molecule has 2 aromatic carbocycles. The molecule has 3 heterocycles. The summed E-state index contributed by atoms with van der Waals surface area (Å²) >= 11 is 0. The first kappa shape index (κ1) is 29.5. The van der Waals surface area contributed by atoms with E-state index in [4.69, 9.17) is 18.6 Å². The Balaban J connectivity index is 1.47. The number of ether oxygens (including phenoxy) is 3. The number of hydrogen-bond donors (Lipinski definition) is 2. The number of epoxide rings is 1. The summed E-state index contributed by atoms with van der Waals surface area (Å²) in [5.41, 5.74) is 2.78. The lowest BCUT2D eigenvalue weighted by atomic mass is 9.80. The van der Waals surface area contributed by atoms with Crippen molar-refractivity contribution in [3.63, 3.8) is 0 Å². The van der Waals surface area contributed by atoms with Crippen molar-refractivity contribution in [2.24, 2.45) is 5.92 Å². The standard InChI is InChI=1S/C34H42O7/c1-5-11-24(28-18-29(36)34(33(37)40-28)30(6-2)41-34)27-20-39-32-25(27)17-23(16-21(3)4)31(26(32)19-35)38-15-10-14-22-12-8-7-9-13-22/h7-10,12-14,17,19-21,24,28-30,33,36-37H,5-6,11,15-16,18H2,1-4H3/t24?,28-,29-,30?,33-,34+/m1/s1. The van der Waals surface area contributed by atoms with Crippen molar-refractivity contribution in [2.75, 3.05) is 6.61 Å². The van der Waals surface area contributed by atoms with Crippen molar-refractivity contribution in [3.05, 3.63) is 71.0 Å². The Kier molecular flexibility index (Phi) is 9.00. The van der Waals surface area contributed by atoms with E-state index in [0.717, 1.165) is 47.6 Å². The third-order valence-electron chi connectivity index (χ3n) is 8.42. The first-order valence-corrected chi connectivity index (χ1v) is 14.9. The molecule has 0 bridgehead atoms. The van der Waals surface area contributed by atoms with Gasteiger partial charge in [0.1, 0.15) is 17.9 Å². The molecule has 2 saturated heterocycles. The Bertz CT molecular complexity index is 1350. The molecule has 0 radical (unpaired) electrons. The van der Waals surface area contributed by atoms with Gasteiger partial charge in [-0.15, -0.1) is 0 Å². The maximum atomic E-state index is 12.5. The molecule has 41 heavy (non-hydrogen) atoms. The summed E-state index contributed by atoms with van der Waals surface area (Å²) in [7, 11) is 0. The molecule has 0 amide bonds. The molecule has 7 heteroatoms. The van der Waals surface area contributed by atoms with Crippen molar-refractivity contribution in [3.8, 4) is 5.75 Å². The van der Waals surface area contributed by atoms with Crippen molar-refractivity contribution < 1.29 is 33.6 Å².